The van der Waals surface area contributed by atoms with Gasteiger partial charge in [-0.25, -0.2) is 0 Å². The Bertz CT molecular complexity index is 330. The largest absolute Gasteiger partial charge is 0.481 e. The number of carbonyl (C=O) groups is 1. The summed E-state index contributed by atoms with van der Waals surface area (Å²) in [5, 5.41) is 8.56. The van der Waals surface area contributed by atoms with Crippen LogP contribution in [0.1, 0.15) is 24.5 Å². The number of aliphatic carboxylic acids is 1. The van der Waals surface area contributed by atoms with Gasteiger partial charge >= 0.3 is 5.97 Å². The summed E-state index contributed by atoms with van der Waals surface area (Å²) in [5.41, 5.74) is 2.28. The first-order valence-electron chi connectivity index (χ1n) is 5.44. The minimum atomic E-state index is -0.753. The normalized spacial score (nSPS) is 12.4. The summed E-state index contributed by atoms with van der Waals surface area (Å²) in [6.45, 7) is 2.03. The van der Waals surface area contributed by atoms with Crippen LogP contribution in [0.3, 0.4) is 0 Å². The number of carboxylic acids is 1. The van der Waals surface area contributed by atoms with E-state index in [1.807, 2.05) is 31.2 Å². The van der Waals surface area contributed by atoms with Crippen LogP contribution in [0.15, 0.2) is 24.3 Å². The second-order valence-electron chi connectivity index (χ2n) is 3.96. The van der Waals surface area contributed by atoms with Crippen LogP contribution in [0.5, 0.6) is 0 Å². The van der Waals surface area contributed by atoms with Gasteiger partial charge in [0.1, 0.15) is 0 Å². The van der Waals surface area contributed by atoms with Crippen LogP contribution in [-0.4, -0.2) is 24.3 Å². The van der Waals surface area contributed by atoms with Gasteiger partial charge in [0.25, 0.3) is 0 Å². The minimum absolute atomic E-state index is 0.188. The Balaban J connectivity index is 2.50. The molecule has 0 aliphatic heterocycles. The SMILES string of the molecule is COC(C)Cc1ccc(CCC(=O)O)cc1. The number of hydrogen-bond acceptors (Lipinski definition) is 2. The summed E-state index contributed by atoms with van der Waals surface area (Å²) in [6.07, 6.45) is 1.88. The van der Waals surface area contributed by atoms with Gasteiger partial charge in [0, 0.05) is 13.5 Å². The van der Waals surface area contributed by atoms with Crippen molar-refractivity contribution >= 4 is 5.97 Å². The van der Waals surface area contributed by atoms with Crippen LogP contribution in [-0.2, 0) is 22.4 Å². The third kappa shape index (κ3) is 4.45. The van der Waals surface area contributed by atoms with Crippen molar-refractivity contribution in [1.29, 1.82) is 0 Å². The molecule has 0 aliphatic rings. The second kappa shape index (κ2) is 6.28. The van der Waals surface area contributed by atoms with Crippen molar-refractivity contribution in [2.24, 2.45) is 0 Å². The lowest BCUT2D eigenvalue weighted by Crippen LogP contribution is -2.08. The lowest BCUT2D eigenvalue weighted by atomic mass is 10.0. The quantitative estimate of drug-likeness (QED) is 0.803. The molecule has 1 aromatic carbocycles. The smallest absolute Gasteiger partial charge is 0.303 e. The van der Waals surface area contributed by atoms with Crippen molar-refractivity contribution in [1.82, 2.24) is 0 Å². The molecule has 3 heteroatoms. The number of hydrogen-bond donors (Lipinski definition) is 1. The molecule has 0 bridgehead atoms. The molecule has 0 aliphatic carbocycles. The van der Waals surface area contributed by atoms with Gasteiger partial charge in [0.2, 0.25) is 0 Å². The first-order valence-corrected chi connectivity index (χ1v) is 5.44. The molecule has 1 N–H and O–H groups in total. The van der Waals surface area contributed by atoms with Crippen LogP contribution < -0.4 is 0 Å². The van der Waals surface area contributed by atoms with Crippen molar-refractivity contribution in [3.63, 3.8) is 0 Å². The van der Waals surface area contributed by atoms with Crippen molar-refractivity contribution in [3.8, 4) is 0 Å². The summed E-state index contributed by atoms with van der Waals surface area (Å²) in [6, 6.07) is 8.04. The van der Waals surface area contributed by atoms with Gasteiger partial charge in [0.05, 0.1) is 6.10 Å². The Hall–Kier alpha value is -1.35. The van der Waals surface area contributed by atoms with Crippen LogP contribution in [0.4, 0.5) is 0 Å². The third-order valence-corrected chi connectivity index (χ3v) is 2.58. The molecule has 3 nitrogen and oxygen atoms in total. The minimum Gasteiger partial charge on any atom is -0.481 e. The molecule has 0 heterocycles. The highest BCUT2D eigenvalue weighted by molar-refractivity contribution is 5.67. The molecular formula is C13H18O3. The second-order valence-corrected chi connectivity index (χ2v) is 3.96. The molecule has 0 fully saturated rings. The Kier molecular flexibility index (Phi) is 4.99. The number of carboxylic acid groups (broad SMARTS) is 1. The van der Waals surface area contributed by atoms with E-state index in [2.05, 4.69) is 0 Å². The van der Waals surface area contributed by atoms with Gasteiger partial charge < -0.3 is 9.84 Å². The number of aryl methyl sites for hydroxylation is 1. The lowest BCUT2D eigenvalue weighted by Gasteiger charge is -2.09. The maximum absolute atomic E-state index is 10.4. The summed E-state index contributed by atoms with van der Waals surface area (Å²) < 4.78 is 5.19. The summed E-state index contributed by atoms with van der Waals surface area (Å²) in [4.78, 5) is 10.4. The lowest BCUT2D eigenvalue weighted by molar-refractivity contribution is -0.136. The van der Waals surface area contributed by atoms with Crippen LogP contribution in [0, 0.1) is 0 Å². The molecule has 0 saturated heterocycles. The topological polar surface area (TPSA) is 46.5 Å². The van der Waals surface area contributed by atoms with Gasteiger partial charge in [-0.05, 0) is 30.9 Å². The van der Waals surface area contributed by atoms with Crippen molar-refractivity contribution in [2.45, 2.75) is 32.3 Å². The fraction of sp³-hybridized carbons (Fsp3) is 0.462. The molecule has 88 valence electrons. The van der Waals surface area contributed by atoms with E-state index in [4.69, 9.17) is 9.84 Å². The van der Waals surface area contributed by atoms with E-state index < -0.39 is 5.97 Å². The molecule has 0 saturated carbocycles. The molecule has 0 radical (unpaired) electrons. The molecule has 0 spiro atoms. The van der Waals surface area contributed by atoms with Crippen molar-refractivity contribution < 1.29 is 14.6 Å². The standard InChI is InChI=1S/C13H18O3/c1-10(16-2)9-12-5-3-11(4-6-12)7-8-13(14)15/h3-6,10H,7-9H2,1-2H3,(H,14,15). The molecule has 0 amide bonds. The fourth-order valence-corrected chi connectivity index (χ4v) is 1.51. The number of methoxy groups -OCH3 is 1. The van der Waals surface area contributed by atoms with E-state index in [1.54, 1.807) is 7.11 Å². The van der Waals surface area contributed by atoms with Gasteiger partial charge in [-0.1, -0.05) is 24.3 Å². The van der Waals surface area contributed by atoms with Crippen LogP contribution in [0.25, 0.3) is 0 Å². The van der Waals surface area contributed by atoms with E-state index in [0.717, 1.165) is 12.0 Å². The predicted octanol–water partition coefficient (Wildman–Crippen LogP) is 2.28. The predicted molar refractivity (Wildman–Crippen MR) is 62.6 cm³/mol. The third-order valence-electron chi connectivity index (χ3n) is 2.58. The van der Waals surface area contributed by atoms with E-state index in [9.17, 15) is 4.79 Å². The van der Waals surface area contributed by atoms with Gasteiger partial charge in [-0.2, -0.15) is 0 Å². The zero-order valence-corrected chi connectivity index (χ0v) is 9.77. The average Bonchev–Trinajstić information content (AvgIpc) is 2.28. The number of benzene rings is 1. The van der Waals surface area contributed by atoms with Crippen molar-refractivity contribution in [2.75, 3.05) is 7.11 Å². The van der Waals surface area contributed by atoms with Crippen molar-refractivity contribution in [3.05, 3.63) is 35.4 Å². The summed E-state index contributed by atoms with van der Waals surface area (Å²) in [7, 11) is 1.70. The van der Waals surface area contributed by atoms with E-state index in [0.29, 0.717) is 6.42 Å². The molecule has 1 atom stereocenters. The highest BCUT2D eigenvalue weighted by atomic mass is 16.5. The Morgan fingerprint density at radius 3 is 2.38 bits per heavy atom. The number of rotatable bonds is 6. The maximum Gasteiger partial charge on any atom is 0.303 e. The zero-order chi connectivity index (χ0) is 12.0. The summed E-state index contributed by atoms with van der Waals surface area (Å²) in [5.74, 6) is -0.753. The molecule has 1 unspecified atom stereocenters. The monoisotopic (exact) mass is 222 g/mol. The molecule has 1 aromatic rings. The molecule has 0 aromatic heterocycles. The van der Waals surface area contributed by atoms with Gasteiger partial charge in [0.15, 0.2) is 0 Å². The first-order chi connectivity index (χ1) is 7.61. The highest BCUT2D eigenvalue weighted by Crippen LogP contribution is 2.09. The van der Waals surface area contributed by atoms with Crippen LogP contribution in [0.2, 0.25) is 0 Å². The fourth-order valence-electron chi connectivity index (χ4n) is 1.51. The van der Waals surface area contributed by atoms with E-state index in [-0.39, 0.29) is 12.5 Å². The molecule has 16 heavy (non-hydrogen) atoms. The van der Waals surface area contributed by atoms with Gasteiger partial charge in [-0.15, -0.1) is 0 Å². The zero-order valence-electron chi connectivity index (χ0n) is 9.77. The van der Waals surface area contributed by atoms with Gasteiger partial charge in [-0.3, -0.25) is 4.79 Å². The van der Waals surface area contributed by atoms with Crippen LogP contribution >= 0.6 is 0 Å². The Morgan fingerprint density at radius 1 is 1.31 bits per heavy atom. The molecular weight excluding hydrogens is 204 g/mol. The Morgan fingerprint density at radius 2 is 1.88 bits per heavy atom. The molecule has 1 rings (SSSR count). The van der Waals surface area contributed by atoms with E-state index in [1.165, 1.54) is 5.56 Å². The Labute approximate surface area is 96.1 Å². The average molecular weight is 222 g/mol. The number of ether oxygens (including phenoxy) is 1. The van der Waals surface area contributed by atoms with E-state index >= 15 is 0 Å². The summed E-state index contributed by atoms with van der Waals surface area (Å²) >= 11 is 0. The highest BCUT2D eigenvalue weighted by Gasteiger charge is 2.02. The maximum atomic E-state index is 10.4. The first kappa shape index (κ1) is 12.7.